The number of fused-ring (bicyclic) bond motifs is 3. The van der Waals surface area contributed by atoms with Gasteiger partial charge in [0.15, 0.2) is 34.7 Å². The van der Waals surface area contributed by atoms with E-state index >= 15 is 0 Å². The lowest BCUT2D eigenvalue weighted by molar-refractivity contribution is -0.125. The van der Waals surface area contributed by atoms with Crippen LogP contribution in [0.25, 0.3) is 28.3 Å². The van der Waals surface area contributed by atoms with Crippen LogP contribution in [-0.4, -0.2) is 85.5 Å². The van der Waals surface area contributed by atoms with Gasteiger partial charge in [-0.25, -0.2) is 18.4 Å². The zero-order valence-corrected chi connectivity index (χ0v) is 21.8. The van der Waals surface area contributed by atoms with Crippen LogP contribution in [0, 0.1) is 11.6 Å². The summed E-state index contributed by atoms with van der Waals surface area (Å²) in [6.45, 7) is 4.09. The smallest absolute Gasteiger partial charge is 0.261 e. The maximum absolute atomic E-state index is 14.7. The first-order valence-corrected chi connectivity index (χ1v) is 13.3. The Morgan fingerprint density at radius 1 is 1.10 bits per heavy atom. The minimum atomic E-state index is -0.828. The molecule has 4 aromatic heterocycles. The van der Waals surface area contributed by atoms with Crippen molar-refractivity contribution < 1.29 is 22.7 Å². The molecule has 13 nitrogen and oxygen atoms in total. The van der Waals surface area contributed by atoms with E-state index in [1.54, 1.807) is 29.3 Å². The van der Waals surface area contributed by atoms with E-state index in [0.29, 0.717) is 80.5 Å². The van der Waals surface area contributed by atoms with Crippen LogP contribution >= 0.6 is 0 Å². The Morgan fingerprint density at radius 2 is 1.95 bits per heavy atom. The summed E-state index contributed by atoms with van der Waals surface area (Å²) < 4.78 is 43.4. The molecule has 0 bridgehead atoms. The fourth-order valence-electron chi connectivity index (χ4n) is 5.27. The van der Waals surface area contributed by atoms with Gasteiger partial charge in [-0.3, -0.25) is 9.69 Å². The van der Waals surface area contributed by atoms with Crippen molar-refractivity contribution >= 4 is 34.2 Å². The van der Waals surface area contributed by atoms with Crippen LogP contribution in [0.5, 0.6) is 5.75 Å². The average Bonchev–Trinajstić information content (AvgIpc) is 3.77. The van der Waals surface area contributed by atoms with Crippen LogP contribution in [0.3, 0.4) is 0 Å². The normalized spacial score (nSPS) is 18.0. The predicted octanol–water partition coefficient (Wildman–Crippen LogP) is 1.68. The van der Waals surface area contributed by atoms with Gasteiger partial charge < -0.3 is 25.1 Å². The van der Waals surface area contributed by atoms with Crippen molar-refractivity contribution in [1.29, 1.82) is 0 Å². The summed E-state index contributed by atoms with van der Waals surface area (Å²) in [5, 5.41) is 12.3. The number of carbonyl (C=O) groups excluding carboxylic acids is 1. The SMILES string of the molecule is Nc1nc2c(cnn2CCN2CCN(c3cc(O[C@@H]4CCNC4=O)c(F)cc3F)CC2)c2nc(-c3ccco3)nn12. The molecule has 212 valence electrons. The molecule has 7 rings (SSSR count). The maximum Gasteiger partial charge on any atom is 0.261 e. The first kappa shape index (κ1) is 25.2. The summed E-state index contributed by atoms with van der Waals surface area (Å²) in [5.41, 5.74) is 7.58. The molecule has 1 amide bonds. The summed E-state index contributed by atoms with van der Waals surface area (Å²) in [6, 6.07) is 5.69. The molecule has 15 heteroatoms. The molecule has 2 aliphatic rings. The third-order valence-corrected chi connectivity index (χ3v) is 7.45. The number of benzene rings is 1. The first-order valence-electron chi connectivity index (χ1n) is 13.3. The second kappa shape index (κ2) is 9.99. The van der Waals surface area contributed by atoms with Gasteiger partial charge >= 0.3 is 0 Å². The van der Waals surface area contributed by atoms with Crippen LogP contribution in [0.15, 0.2) is 41.1 Å². The standard InChI is InChI=1S/C26H26F2N10O3/c27-16-12-17(28)21(41-20-3-4-30-25(20)39)13-18(16)36-8-5-35(6-9-36)7-10-37-23-15(14-31-37)24-32-22(19-2-1-11-40-19)34-38(24)26(29)33-23/h1-2,11-14,20H,3-10H2,(H2,29,33)(H,30,39)/t20-/m1/s1. The molecule has 0 unspecified atom stereocenters. The van der Waals surface area contributed by atoms with Crippen molar-refractivity contribution in [2.24, 2.45) is 0 Å². The summed E-state index contributed by atoms with van der Waals surface area (Å²) >= 11 is 0. The fraction of sp³-hybridized carbons (Fsp3) is 0.346. The third kappa shape index (κ3) is 4.57. The molecule has 0 spiro atoms. The van der Waals surface area contributed by atoms with Crippen molar-refractivity contribution in [1.82, 2.24) is 39.6 Å². The maximum atomic E-state index is 14.7. The Hall–Kier alpha value is -4.79. The van der Waals surface area contributed by atoms with Crippen LogP contribution in [0.4, 0.5) is 20.4 Å². The van der Waals surface area contributed by atoms with Gasteiger partial charge in [0, 0.05) is 57.8 Å². The van der Waals surface area contributed by atoms with Gasteiger partial charge in [0.05, 0.1) is 30.1 Å². The molecule has 3 N–H and O–H groups in total. The summed E-state index contributed by atoms with van der Waals surface area (Å²) in [4.78, 5) is 25.0. The highest BCUT2D eigenvalue weighted by atomic mass is 19.1. The lowest BCUT2D eigenvalue weighted by atomic mass is 10.2. The van der Waals surface area contributed by atoms with Crippen LogP contribution in [0.1, 0.15) is 6.42 Å². The highest BCUT2D eigenvalue weighted by Crippen LogP contribution is 2.30. The van der Waals surface area contributed by atoms with Crippen molar-refractivity contribution in [2.75, 3.05) is 49.9 Å². The highest BCUT2D eigenvalue weighted by Gasteiger charge is 2.28. The number of nitrogens with one attached hydrogen (secondary N) is 1. The van der Waals surface area contributed by atoms with E-state index in [9.17, 15) is 13.6 Å². The number of anilines is 2. The lowest BCUT2D eigenvalue weighted by Gasteiger charge is -2.36. The van der Waals surface area contributed by atoms with Gasteiger partial charge in [0.25, 0.3) is 5.91 Å². The molecule has 41 heavy (non-hydrogen) atoms. The third-order valence-electron chi connectivity index (χ3n) is 7.45. The van der Waals surface area contributed by atoms with Gasteiger partial charge in [-0.2, -0.15) is 14.6 Å². The number of aromatic nitrogens is 6. The van der Waals surface area contributed by atoms with Crippen molar-refractivity contribution in [3.8, 4) is 17.3 Å². The number of hydrogen-bond acceptors (Lipinski definition) is 10. The average molecular weight is 565 g/mol. The number of furan rings is 1. The second-order valence-electron chi connectivity index (χ2n) is 9.97. The molecule has 1 atom stereocenters. The monoisotopic (exact) mass is 564 g/mol. The molecular weight excluding hydrogens is 538 g/mol. The van der Waals surface area contributed by atoms with E-state index in [2.05, 4.69) is 30.4 Å². The largest absolute Gasteiger partial charge is 0.477 e. The number of ether oxygens (including phenoxy) is 1. The Bertz CT molecular complexity index is 1740. The topological polar surface area (TPSA) is 145 Å². The van der Waals surface area contributed by atoms with Crippen LogP contribution < -0.4 is 20.7 Å². The van der Waals surface area contributed by atoms with E-state index in [1.165, 1.54) is 10.6 Å². The van der Waals surface area contributed by atoms with E-state index in [4.69, 9.17) is 14.9 Å². The molecule has 0 saturated carbocycles. The van der Waals surface area contributed by atoms with Crippen molar-refractivity contribution in [3.63, 3.8) is 0 Å². The number of hydrogen-bond donors (Lipinski definition) is 2. The number of amides is 1. The van der Waals surface area contributed by atoms with E-state index in [-0.39, 0.29) is 23.3 Å². The number of carbonyl (C=O) groups is 1. The van der Waals surface area contributed by atoms with Crippen molar-refractivity contribution in [2.45, 2.75) is 19.1 Å². The number of piperazine rings is 1. The zero-order valence-electron chi connectivity index (χ0n) is 21.8. The van der Waals surface area contributed by atoms with Gasteiger partial charge in [0.2, 0.25) is 11.8 Å². The van der Waals surface area contributed by atoms with Gasteiger partial charge in [-0.15, -0.1) is 5.10 Å². The molecule has 1 aromatic carbocycles. The molecule has 0 aliphatic carbocycles. The minimum absolute atomic E-state index is 0.124. The number of nitrogens with two attached hydrogens (primary N) is 1. The fourth-order valence-corrected chi connectivity index (χ4v) is 5.27. The van der Waals surface area contributed by atoms with E-state index in [1.807, 2.05) is 4.90 Å². The predicted molar refractivity (Wildman–Crippen MR) is 143 cm³/mol. The Kier molecular flexibility index (Phi) is 6.14. The number of halogens is 2. The summed E-state index contributed by atoms with van der Waals surface area (Å²) in [6.07, 6.45) is 2.91. The van der Waals surface area contributed by atoms with E-state index in [0.717, 1.165) is 6.07 Å². The number of rotatable bonds is 7. The Morgan fingerprint density at radius 3 is 2.71 bits per heavy atom. The van der Waals surface area contributed by atoms with Crippen LogP contribution in [0.2, 0.25) is 0 Å². The second-order valence-corrected chi connectivity index (χ2v) is 9.97. The summed E-state index contributed by atoms with van der Waals surface area (Å²) in [5.74, 6) is -0.796. The molecule has 2 aliphatic heterocycles. The molecule has 2 saturated heterocycles. The van der Waals surface area contributed by atoms with Gasteiger partial charge in [0.1, 0.15) is 5.82 Å². The van der Waals surface area contributed by atoms with Gasteiger partial charge in [-0.05, 0) is 12.1 Å². The van der Waals surface area contributed by atoms with Crippen LogP contribution in [-0.2, 0) is 11.3 Å². The van der Waals surface area contributed by atoms with Gasteiger partial charge in [-0.1, -0.05) is 0 Å². The zero-order chi connectivity index (χ0) is 28.1. The number of nitrogen functional groups attached to an aromatic ring is 1. The Balaban J connectivity index is 1.02. The molecule has 6 heterocycles. The molecular formula is C26H26F2N10O3. The Labute approximate surface area is 231 Å². The lowest BCUT2D eigenvalue weighted by Crippen LogP contribution is -2.47. The summed E-state index contributed by atoms with van der Waals surface area (Å²) in [7, 11) is 0. The first-order chi connectivity index (χ1) is 19.9. The quantitative estimate of drug-likeness (QED) is 0.300. The molecule has 5 aromatic rings. The number of nitrogens with zero attached hydrogens (tertiary/aromatic N) is 8. The molecule has 2 fully saturated rings. The molecule has 0 radical (unpaired) electrons. The highest BCUT2D eigenvalue weighted by molar-refractivity contribution is 5.90. The van der Waals surface area contributed by atoms with E-state index < -0.39 is 17.7 Å². The minimum Gasteiger partial charge on any atom is -0.477 e. The van der Waals surface area contributed by atoms with Crippen molar-refractivity contribution in [3.05, 3.63) is 48.4 Å².